The second kappa shape index (κ2) is 13.1. The van der Waals surface area contributed by atoms with Gasteiger partial charge < -0.3 is 14.7 Å². The second-order valence-electron chi connectivity index (χ2n) is 6.34. The van der Waals surface area contributed by atoms with Gasteiger partial charge in [0.25, 0.3) is 0 Å². The van der Waals surface area contributed by atoms with E-state index < -0.39 is 5.97 Å². The molecule has 0 aliphatic heterocycles. The molecule has 0 saturated carbocycles. The van der Waals surface area contributed by atoms with Crippen LogP contribution >= 0.6 is 15.9 Å². The van der Waals surface area contributed by atoms with Gasteiger partial charge in [0.2, 0.25) is 0 Å². The molecule has 0 amide bonds. The van der Waals surface area contributed by atoms with Crippen LogP contribution < -0.4 is 9.64 Å². The van der Waals surface area contributed by atoms with Gasteiger partial charge in [-0.2, -0.15) is 5.10 Å². The number of carbonyl (C=O) groups is 1. The zero-order valence-corrected chi connectivity index (χ0v) is 18.6. The molecular formula is C21H30BrN3O3. The van der Waals surface area contributed by atoms with Crippen LogP contribution in [0.1, 0.15) is 46.1 Å². The molecule has 154 valence electrons. The van der Waals surface area contributed by atoms with E-state index in [0.717, 1.165) is 54.1 Å². The van der Waals surface area contributed by atoms with E-state index in [0.29, 0.717) is 0 Å². The van der Waals surface area contributed by atoms with Crippen LogP contribution in [0.3, 0.4) is 0 Å². The summed E-state index contributed by atoms with van der Waals surface area (Å²) in [4.78, 5) is 12.1. The number of carboxylic acids is 1. The van der Waals surface area contributed by atoms with Crippen molar-refractivity contribution in [1.29, 1.82) is 0 Å². The Labute approximate surface area is 176 Å². The molecule has 1 heterocycles. The maximum atomic E-state index is 9.93. The minimum Gasteiger partial charge on any atom is -0.493 e. The zero-order valence-electron chi connectivity index (χ0n) is 17.1. The van der Waals surface area contributed by atoms with Crippen molar-refractivity contribution in [2.24, 2.45) is 5.92 Å². The van der Waals surface area contributed by atoms with Crippen molar-refractivity contribution < 1.29 is 14.6 Å². The van der Waals surface area contributed by atoms with E-state index in [1.165, 1.54) is 0 Å². The van der Waals surface area contributed by atoms with Crippen LogP contribution in [0.25, 0.3) is 0 Å². The van der Waals surface area contributed by atoms with Gasteiger partial charge in [0.05, 0.1) is 12.5 Å². The number of rotatable bonds is 9. The largest absolute Gasteiger partial charge is 0.493 e. The third kappa shape index (κ3) is 8.25. The van der Waals surface area contributed by atoms with Crippen LogP contribution in [-0.2, 0) is 11.3 Å². The van der Waals surface area contributed by atoms with Crippen molar-refractivity contribution in [2.75, 3.05) is 18.1 Å². The molecule has 0 saturated heterocycles. The van der Waals surface area contributed by atoms with Crippen LogP contribution in [0.4, 0.5) is 5.82 Å². The fourth-order valence-electron chi connectivity index (χ4n) is 2.22. The number of aliphatic carboxylic acids is 1. The van der Waals surface area contributed by atoms with Gasteiger partial charge in [0.1, 0.15) is 5.75 Å². The molecule has 2 aromatic rings. The average Bonchev–Trinajstić information content (AvgIpc) is 2.71. The molecule has 1 aromatic carbocycles. The topological polar surface area (TPSA) is 75.6 Å². The molecule has 0 aliphatic carbocycles. The van der Waals surface area contributed by atoms with Gasteiger partial charge in [0, 0.05) is 29.3 Å². The van der Waals surface area contributed by atoms with Gasteiger partial charge in [-0.1, -0.05) is 36.7 Å². The first-order valence-electron chi connectivity index (χ1n) is 9.59. The fraction of sp³-hybridized carbons (Fsp3) is 0.476. The normalized spacial score (nSPS) is 11.2. The van der Waals surface area contributed by atoms with Crippen LogP contribution in [0.5, 0.6) is 5.75 Å². The maximum Gasteiger partial charge on any atom is 0.306 e. The van der Waals surface area contributed by atoms with E-state index in [4.69, 9.17) is 9.84 Å². The Hall–Kier alpha value is -2.15. The summed E-state index contributed by atoms with van der Waals surface area (Å²) in [5, 5.41) is 16.3. The highest BCUT2D eigenvalue weighted by molar-refractivity contribution is 9.10. The van der Waals surface area contributed by atoms with Gasteiger partial charge in [-0.25, -0.2) is 0 Å². The molecule has 0 aliphatic rings. The molecule has 0 spiro atoms. The summed E-state index contributed by atoms with van der Waals surface area (Å²) in [6, 6.07) is 10.00. The standard InChI is InChI=1S/C16H20BrN3O.C5H10O2/c1-3-10-21-15-8-7-14(17)11-13(15)12-20(4-2)16-6-5-9-18-19-16;1-3-4(2)5(6)7/h5-9,11H,3-4,10,12H2,1-2H3;4H,3H2,1-2H3,(H,6,7). The van der Waals surface area contributed by atoms with Gasteiger partial charge in [-0.15, -0.1) is 5.10 Å². The smallest absolute Gasteiger partial charge is 0.306 e. The Bertz CT molecular complexity index is 713. The molecule has 6 nitrogen and oxygen atoms in total. The first-order valence-corrected chi connectivity index (χ1v) is 10.4. The number of carboxylic acid groups (broad SMARTS) is 1. The number of hydrogen-bond acceptors (Lipinski definition) is 5. The average molecular weight is 452 g/mol. The summed E-state index contributed by atoms with van der Waals surface area (Å²) >= 11 is 3.53. The molecule has 0 bridgehead atoms. The van der Waals surface area contributed by atoms with E-state index in [1.54, 1.807) is 13.1 Å². The Kier molecular flexibility index (Phi) is 11.2. The predicted molar refractivity (Wildman–Crippen MR) is 116 cm³/mol. The second-order valence-corrected chi connectivity index (χ2v) is 7.26. The summed E-state index contributed by atoms with van der Waals surface area (Å²) < 4.78 is 6.89. The molecule has 1 unspecified atom stereocenters. The highest BCUT2D eigenvalue weighted by Gasteiger charge is 2.11. The SMILES string of the molecule is CCC(C)C(=O)O.CCCOc1ccc(Br)cc1CN(CC)c1cccnn1. The van der Waals surface area contributed by atoms with E-state index in [9.17, 15) is 4.79 Å². The van der Waals surface area contributed by atoms with Crippen molar-refractivity contribution in [3.05, 3.63) is 46.6 Å². The Morgan fingerprint density at radius 1 is 1.29 bits per heavy atom. The zero-order chi connectivity index (χ0) is 20.9. The number of nitrogens with zero attached hydrogens (tertiary/aromatic N) is 3. The number of ether oxygens (including phenoxy) is 1. The molecule has 1 atom stereocenters. The van der Waals surface area contributed by atoms with Gasteiger partial charge in [-0.3, -0.25) is 4.79 Å². The lowest BCUT2D eigenvalue weighted by molar-refractivity contribution is -0.141. The lowest BCUT2D eigenvalue weighted by Gasteiger charge is -2.23. The van der Waals surface area contributed by atoms with Crippen LogP contribution in [0, 0.1) is 5.92 Å². The number of anilines is 1. The fourth-order valence-corrected chi connectivity index (χ4v) is 2.63. The van der Waals surface area contributed by atoms with Gasteiger partial charge >= 0.3 is 5.97 Å². The highest BCUT2D eigenvalue weighted by Crippen LogP contribution is 2.26. The van der Waals surface area contributed by atoms with Crippen molar-refractivity contribution in [2.45, 2.75) is 47.1 Å². The third-order valence-electron chi connectivity index (χ3n) is 4.14. The molecule has 0 fully saturated rings. The van der Waals surface area contributed by atoms with Crippen molar-refractivity contribution >= 4 is 27.7 Å². The molecule has 0 radical (unpaired) electrons. The first kappa shape index (κ1) is 23.9. The quantitative estimate of drug-likeness (QED) is 0.566. The minimum absolute atomic E-state index is 0.181. The van der Waals surface area contributed by atoms with E-state index in [-0.39, 0.29) is 5.92 Å². The maximum absolute atomic E-state index is 9.93. The summed E-state index contributed by atoms with van der Waals surface area (Å²) in [6.07, 6.45) is 3.40. The monoisotopic (exact) mass is 451 g/mol. The van der Waals surface area contributed by atoms with Crippen LogP contribution in [0.2, 0.25) is 0 Å². The van der Waals surface area contributed by atoms with E-state index in [1.807, 2.05) is 31.2 Å². The summed E-state index contributed by atoms with van der Waals surface area (Å²) in [6.45, 7) is 10.1. The van der Waals surface area contributed by atoms with Crippen LogP contribution in [0.15, 0.2) is 41.0 Å². The Morgan fingerprint density at radius 2 is 2.04 bits per heavy atom. The molecule has 28 heavy (non-hydrogen) atoms. The Balaban J connectivity index is 0.000000480. The van der Waals surface area contributed by atoms with Crippen molar-refractivity contribution in [3.8, 4) is 5.75 Å². The number of benzene rings is 1. The Morgan fingerprint density at radius 3 is 2.54 bits per heavy atom. The minimum atomic E-state index is -0.706. The highest BCUT2D eigenvalue weighted by atomic mass is 79.9. The van der Waals surface area contributed by atoms with Crippen molar-refractivity contribution in [3.63, 3.8) is 0 Å². The van der Waals surface area contributed by atoms with Gasteiger partial charge in [0.15, 0.2) is 5.82 Å². The molecule has 2 rings (SSSR count). The molecule has 1 aromatic heterocycles. The lowest BCUT2D eigenvalue weighted by Crippen LogP contribution is -2.23. The summed E-state index contributed by atoms with van der Waals surface area (Å²) in [5.74, 6) is 0.923. The van der Waals surface area contributed by atoms with E-state index in [2.05, 4.69) is 50.9 Å². The van der Waals surface area contributed by atoms with Crippen LogP contribution in [-0.4, -0.2) is 34.4 Å². The predicted octanol–water partition coefficient (Wildman–Crippen LogP) is 5.17. The van der Waals surface area contributed by atoms with Gasteiger partial charge in [-0.05, 0) is 50.1 Å². The van der Waals surface area contributed by atoms with Crippen molar-refractivity contribution in [1.82, 2.24) is 10.2 Å². The summed E-state index contributed by atoms with van der Waals surface area (Å²) in [7, 11) is 0. The number of halogens is 1. The first-order chi connectivity index (χ1) is 13.4. The summed E-state index contributed by atoms with van der Waals surface area (Å²) in [5.41, 5.74) is 1.14. The van der Waals surface area contributed by atoms with E-state index >= 15 is 0 Å². The molecule has 1 N–H and O–H groups in total. The lowest BCUT2D eigenvalue weighted by atomic mass is 10.1. The number of aromatic nitrogens is 2. The molecular weight excluding hydrogens is 422 g/mol. The third-order valence-corrected chi connectivity index (χ3v) is 4.64. The number of hydrogen-bond donors (Lipinski definition) is 1. The molecule has 7 heteroatoms.